The van der Waals surface area contributed by atoms with Gasteiger partial charge >= 0.3 is 0 Å². The van der Waals surface area contributed by atoms with Crippen LogP contribution in [0.25, 0.3) is 0 Å². The topological polar surface area (TPSA) is 58.4 Å². The molecule has 0 bridgehead atoms. The summed E-state index contributed by atoms with van der Waals surface area (Å²) in [4.78, 5) is 14.3. The normalized spacial score (nSPS) is 17.7. The maximum Gasteiger partial charge on any atom is 0.274 e. The van der Waals surface area contributed by atoms with Gasteiger partial charge in [-0.25, -0.2) is 0 Å². The molecule has 0 aromatic carbocycles. The minimum atomic E-state index is -0.724. The van der Waals surface area contributed by atoms with Crippen molar-refractivity contribution in [2.24, 2.45) is 0 Å². The molecule has 1 fully saturated rings. The molecule has 1 aliphatic carbocycles. The molecule has 130 valence electrons. The summed E-state index contributed by atoms with van der Waals surface area (Å²) in [6.45, 7) is 10.9. The van der Waals surface area contributed by atoms with Gasteiger partial charge in [-0.3, -0.25) is 9.48 Å². The Balaban J connectivity index is 2.22. The Morgan fingerprint density at radius 1 is 1.39 bits per heavy atom. The summed E-state index contributed by atoms with van der Waals surface area (Å²) < 4.78 is 1.95. The molecule has 0 spiro atoms. The number of amides is 1. The van der Waals surface area contributed by atoms with Gasteiger partial charge in [-0.1, -0.05) is 26.7 Å². The molecule has 0 unspecified atom stereocenters. The first-order valence-corrected chi connectivity index (χ1v) is 8.62. The lowest BCUT2D eigenvalue weighted by Gasteiger charge is -2.28. The molecule has 23 heavy (non-hydrogen) atoms. The van der Waals surface area contributed by atoms with Crippen molar-refractivity contribution in [2.75, 3.05) is 13.6 Å². The predicted octanol–water partition coefficient (Wildman–Crippen LogP) is 3.14. The molecule has 1 aromatic heterocycles. The van der Waals surface area contributed by atoms with Gasteiger partial charge in [-0.15, -0.1) is 0 Å². The molecule has 1 N–H and O–H groups in total. The lowest BCUT2D eigenvalue weighted by molar-refractivity contribution is 0.0154. The zero-order chi connectivity index (χ0) is 17.4. The van der Waals surface area contributed by atoms with Crippen LogP contribution in [0.1, 0.15) is 82.4 Å². The lowest BCUT2D eigenvalue weighted by atomic mass is 10.0. The van der Waals surface area contributed by atoms with Crippen LogP contribution in [0.5, 0.6) is 0 Å². The van der Waals surface area contributed by atoms with Crippen LogP contribution in [0.2, 0.25) is 0 Å². The van der Waals surface area contributed by atoms with E-state index in [9.17, 15) is 9.90 Å². The first-order valence-electron chi connectivity index (χ1n) is 8.62. The van der Waals surface area contributed by atoms with Crippen LogP contribution in [0.4, 0.5) is 0 Å². The highest BCUT2D eigenvalue weighted by Gasteiger charge is 2.34. The van der Waals surface area contributed by atoms with Crippen molar-refractivity contribution in [1.29, 1.82) is 0 Å². The van der Waals surface area contributed by atoms with Gasteiger partial charge in [0.05, 0.1) is 11.1 Å². The van der Waals surface area contributed by atoms with Crippen LogP contribution in [0.3, 0.4) is 0 Å². The molecule has 2 rings (SSSR count). The van der Waals surface area contributed by atoms with Crippen LogP contribution in [-0.2, 0) is 5.54 Å². The summed E-state index contributed by atoms with van der Waals surface area (Å²) in [5.41, 5.74) is 0.639. The van der Waals surface area contributed by atoms with Crippen LogP contribution in [0, 0.1) is 0 Å². The Labute approximate surface area is 139 Å². The number of hydrogen-bond donors (Lipinski definition) is 1. The monoisotopic (exact) mass is 321 g/mol. The summed E-state index contributed by atoms with van der Waals surface area (Å²) in [7, 11) is 1.75. The lowest BCUT2D eigenvalue weighted by Crippen LogP contribution is -2.42. The Bertz CT molecular complexity index is 563. The Morgan fingerprint density at radius 2 is 1.96 bits per heavy atom. The molecule has 5 nitrogen and oxygen atoms in total. The van der Waals surface area contributed by atoms with E-state index in [2.05, 4.69) is 39.7 Å². The second kappa shape index (κ2) is 6.27. The quantitative estimate of drug-likeness (QED) is 0.927. The number of likely N-dealkylation sites (N-methyl/N-ethyl adjacent to an activating group) is 1. The number of carbonyl (C=O) groups is 1. The fourth-order valence-corrected chi connectivity index (χ4v) is 3.35. The largest absolute Gasteiger partial charge is 0.388 e. The summed E-state index contributed by atoms with van der Waals surface area (Å²) in [5, 5.41) is 15.1. The minimum Gasteiger partial charge on any atom is -0.388 e. The molecule has 0 atom stereocenters. The van der Waals surface area contributed by atoms with Crippen LogP contribution in [0.15, 0.2) is 6.07 Å². The molecule has 5 heteroatoms. The van der Waals surface area contributed by atoms with E-state index in [0.717, 1.165) is 31.4 Å². The highest BCUT2D eigenvalue weighted by Crippen LogP contribution is 2.30. The molecule has 1 heterocycles. The molecule has 1 amide bonds. The van der Waals surface area contributed by atoms with Gasteiger partial charge in [-0.05, 0) is 45.6 Å². The van der Waals surface area contributed by atoms with E-state index in [-0.39, 0.29) is 11.4 Å². The SMILES string of the molecule is CC(C)c1cc(C(=O)N(C)CC2(O)CCCC2)nn1C(C)(C)C. The standard InChI is InChI=1S/C18H31N3O2/c1-13(2)15-11-14(19-21(15)17(3,4)5)16(22)20(6)12-18(23)9-7-8-10-18/h11,13,23H,7-10,12H2,1-6H3. The highest BCUT2D eigenvalue weighted by atomic mass is 16.3. The van der Waals surface area contributed by atoms with E-state index in [1.165, 1.54) is 0 Å². The molecular weight excluding hydrogens is 290 g/mol. The summed E-state index contributed by atoms with van der Waals surface area (Å²) in [6.07, 6.45) is 3.62. The van der Waals surface area contributed by atoms with Crippen molar-refractivity contribution in [3.8, 4) is 0 Å². The van der Waals surface area contributed by atoms with Crippen molar-refractivity contribution >= 4 is 5.91 Å². The average molecular weight is 321 g/mol. The summed E-state index contributed by atoms with van der Waals surface area (Å²) in [6, 6.07) is 1.90. The van der Waals surface area contributed by atoms with E-state index >= 15 is 0 Å². The molecule has 1 saturated carbocycles. The number of hydrogen-bond acceptors (Lipinski definition) is 3. The van der Waals surface area contributed by atoms with Gasteiger partial charge in [0.1, 0.15) is 0 Å². The van der Waals surface area contributed by atoms with Crippen molar-refractivity contribution in [3.05, 3.63) is 17.5 Å². The van der Waals surface area contributed by atoms with E-state index in [1.54, 1.807) is 11.9 Å². The first-order chi connectivity index (χ1) is 10.5. The van der Waals surface area contributed by atoms with Crippen molar-refractivity contribution in [1.82, 2.24) is 14.7 Å². The van der Waals surface area contributed by atoms with E-state index < -0.39 is 5.60 Å². The van der Waals surface area contributed by atoms with Gasteiger partial charge in [0.15, 0.2) is 5.69 Å². The van der Waals surface area contributed by atoms with E-state index in [4.69, 9.17) is 0 Å². The van der Waals surface area contributed by atoms with E-state index in [1.807, 2.05) is 10.7 Å². The molecule has 0 aliphatic heterocycles. The fourth-order valence-electron chi connectivity index (χ4n) is 3.35. The number of rotatable bonds is 4. The van der Waals surface area contributed by atoms with Gasteiger partial charge < -0.3 is 10.0 Å². The van der Waals surface area contributed by atoms with Gasteiger partial charge in [0.2, 0.25) is 0 Å². The molecular formula is C18H31N3O2. The Kier molecular flexibility index (Phi) is 4.90. The maximum atomic E-state index is 12.7. The van der Waals surface area contributed by atoms with Gasteiger partial charge in [0.25, 0.3) is 5.91 Å². The average Bonchev–Trinajstić information content (AvgIpc) is 3.03. The highest BCUT2D eigenvalue weighted by molar-refractivity contribution is 5.92. The Hall–Kier alpha value is -1.36. The zero-order valence-corrected chi connectivity index (χ0v) is 15.4. The summed E-state index contributed by atoms with van der Waals surface area (Å²) >= 11 is 0. The van der Waals surface area contributed by atoms with Crippen molar-refractivity contribution < 1.29 is 9.90 Å². The molecule has 0 saturated heterocycles. The van der Waals surface area contributed by atoms with Crippen LogP contribution >= 0.6 is 0 Å². The van der Waals surface area contributed by atoms with Crippen LogP contribution < -0.4 is 0 Å². The Morgan fingerprint density at radius 3 is 2.39 bits per heavy atom. The molecule has 1 aliphatic rings. The number of carbonyl (C=O) groups excluding carboxylic acids is 1. The third kappa shape index (κ3) is 3.94. The maximum absolute atomic E-state index is 12.7. The van der Waals surface area contributed by atoms with Crippen molar-refractivity contribution in [3.63, 3.8) is 0 Å². The summed E-state index contributed by atoms with van der Waals surface area (Å²) in [5.74, 6) is 0.183. The van der Waals surface area contributed by atoms with Crippen LogP contribution in [-0.4, -0.2) is 44.9 Å². The number of aromatic nitrogens is 2. The van der Waals surface area contributed by atoms with E-state index in [0.29, 0.717) is 18.2 Å². The molecule has 0 radical (unpaired) electrons. The van der Waals surface area contributed by atoms with Crippen molar-refractivity contribution in [2.45, 2.75) is 77.4 Å². The second-order valence-electron chi connectivity index (χ2n) is 8.28. The molecule has 1 aromatic rings. The third-order valence-electron chi connectivity index (χ3n) is 4.60. The number of aliphatic hydroxyl groups is 1. The zero-order valence-electron chi connectivity index (χ0n) is 15.4. The van der Waals surface area contributed by atoms with Gasteiger partial charge in [0, 0.05) is 19.3 Å². The second-order valence-corrected chi connectivity index (χ2v) is 8.28. The fraction of sp³-hybridized carbons (Fsp3) is 0.778. The van der Waals surface area contributed by atoms with Gasteiger partial charge in [-0.2, -0.15) is 5.10 Å². The smallest absolute Gasteiger partial charge is 0.274 e. The third-order valence-corrected chi connectivity index (χ3v) is 4.60. The minimum absolute atomic E-state index is 0.116. The number of nitrogens with zero attached hydrogens (tertiary/aromatic N) is 3. The predicted molar refractivity (Wildman–Crippen MR) is 91.7 cm³/mol. The first kappa shape index (κ1) is 18.0.